The normalized spacial score (nSPS) is 13.1. The van der Waals surface area contributed by atoms with Gasteiger partial charge in [-0.05, 0) is 13.8 Å². The van der Waals surface area contributed by atoms with E-state index in [1.807, 2.05) is 0 Å². The fraction of sp³-hybridized carbons (Fsp3) is 0.556. The second-order valence-electron chi connectivity index (χ2n) is 3.34. The molecule has 0 saturated heterocycles. The Morgan fingerprint density at radius 1 is 1.53 bits per heavy atom. The van der Waals surface area contributed by atoms with Gasteiger partial charge in [-0.3, -0.25) is 14.3 Å². The first-order valence-corrected chi connectivity index (χ1v) is 4.62. The second-order valence-corrected chi connectivity index (χ2v) is 3.34. The van der Waals surface area contributed by atoms with Gasteiger partial charge in [-0.1, -0.05) is 0 Å². The standard InChI is InChI=1S/C9H14N2O4/c1-6(2)15-8(5-12)11-4-3-7(13)10-9(11)14/h3-4,6,8,12H,5H2,1-2H3,(H,10,13,14)/t8-/m1/s1. The summed E-state index contributed by atoms with van der Waals surface area (Å²) in [6, 6.07) is 1.20. The Morgan fingerprint density at radius 3 is 2.67 bits per heavy atom. The van der Waals surface area contributed by atoms with Gasteiger partial charge >= 0.3 is 5.69 Å². The van der Waals surface area contributed by atoms with E-state index in [-0.39, 0.29) is 12.7 Å². The van der Waals surface area contributed by atoms with Crippen LogP contribution < -0.4 is 11.2 Å². The summed E-state index contributed by atoms with van der Waals surface area (Å²) in [5, 5.41) is 9.05. The predicted octanol–water partition coefficient (Wildman–Crippen LogP) is -0.548. The van der Waals surface area contributed by atoms with Crippen LogP contribution in [0.1, 0.15) is 20.1 Å². The number of hydrogen-bond donors (Lipinski definition) is 2. The van der Waals surface area contributed by atoms with Crippen molar-refractivity contribution in [2.45, 2.75) is 26.2 Å². The van der Waals surface area contributed by atoms with E-state index in [9.17, 15) is 9.59 Å². The first-order valence-electron chi connectivity index (χ1n) is 4.62. The Morgan fingerprint density at radius 2 is 2.20 bits per heavy atom. The molecule has 1 atom stereocenters. The van der Waals surface area contributed by atoms with E-state index in [1.165, 1.54) is 12.3 Å². The molecule has 0 saturated carbocycles. The molecule has 0 aromatic carbocycles. The Kier molecular flexibility index (Phi) is 3.81. The molecule has 6 heteroatoms. The number of hydrogen-bond acceptors (Lipinski definition) is 4. The summed E-state index contributed by atoms with van der Waals surface area (Å²) in [6.07, 6.45) is 0.403. The molecule has 1 rings (SSSR count). The van der Waals surface area contributed by atoms with Gasteiger partial charge < -0.3 is 9.84 Å². The number of aromatic nitrogens is 2. The lowest BCUT2D eigenvalue weighted by Gasteiger charge is -2.19. The topological polar surface area (TPSA) is 84.3 Å². The maximum Gasteiger partial charge on any atom is 0.330 e. The zero-order valence-corrected chi connectivity index (χ0v) is 8.64. The molecule has 15 heavy (non-hydrogen) atoms. The van der Waals surface area contributed by atoms with Crippen LogP contribution in [0.5, 0.6) is 0 Å². The number of aromatic amines is 1. The van der Waals surface area contributed by atoms with Crippen LogP contribution in [0.2, 0.25) is 0 Å². The van der Waals surface area contributed by atoms with Crippen LogP contribution in [-0.4, -0.2) is 27.4 Å². The molecule has 0 aliphatic rings. The van der Waals surface area contributed by atoms with Gasteiger partial charge in [0.05, 0.1) is 12.7 Å². The molecule has 0 radical (unpaired) electrons. The summed E-state index contributed by atoms with van der Waals surface area (Å²) < 4.78 is 6.44. The molecule has 1 heterocycles. The van der Waals surface area contributed by atoms with Gasteiger partial charge in [0.25, 0.3) is 5.56 Å². The minimum Gasteiger partial charge on any atom is -0.392 e. The Bertz CT molecular complexity index is 421. The van der Waals surface area contributed by atoms with Crippen LogP contribution in [-0.2, 0) is 4.74 Å². The van der Waals surface area contributed by atoms with Crippen molar-refractivity contribution >= 4 is 0 Å². The lowest BCUT2D eigenvalue weighted by atomic mass is 10.4. The molecule has 1 aromatic heterocycles. The summed E-state index contributed by atoms with van der Waals surface area (Å²) in [7, 11) is 0. The molecular formula is C9H14N2O4. The number of aliphatic hydroxyl groups excluding tert-OH is 1. The SMILES string of the molecule is CC(C)O[C@H](CO)n1ccc(=O)[nH]c1=O. The summed E-state index contributed by atoms with van der Waals surface area (Å²) in [5.74, 6) is 0. The van der Waals surface area contributed by atoms with Crippen LogP contribution in [0.25, 0.3) is 0 Å². The monoisotopic (exact) mass is 214 g/mol. The fourth-order valence-electron chi connectivity index (χ4n) is 1.16. The average molecular weight is 214 g/mol. The number of ether oxygens (including phenoxy) is 1. The molecule has 0 unspecified atom stereocenters. The van der Waals surface area contributed by atoms with Gasteiger partial charge in [0.15, 0.2) is 6.23 Å². The minimum absolute atomic E-state index is 0.124. The number of aliphatic hydroxyl groups is 1. The Labute approximate surface area is 86.1 Å². The smallest absolute Gasteiger partial charge is 0.330 e. The molecule has 84 valence electrons. The fourth-order valence-corrected chi connectivity index (χ4v) is 1.16. The molecule has 0 aliphatic carbocycles. The van der Waals surface area contributed by atoms with E-state index >= 15 is 0 Å². The van der Waals surface area contributed by atoms with E-state index in [0.717, 1.165) is 4.57 Å². The van der Waals surface area contributed by atoms with Crippen LogP contribution in [0.15, 0.2) is 21.9 Å². The summed E-state index contributed by atoms with van der Waals surface area (Å²) in [5.41, 5.74) is -1.07. The van der Waals surface area contributed by atoms with E-state index < -0.39 is 17.5 Å². The van der Waals surface area contributed by atoms with Crippen molar-refractivity contribution in [2.75, 3.05) is 6.61 Å². The lowest BCUT2D eigenvalue weighted by Crippen LogP contribution is -2.34. The lowest BCUT2D eigenvalue weighted by molar-refractivity contribution is -0.0688. The zero-order chi connectivity index (χ0) is 11.4. The molecule has 0 amide bonds. The first-order chi connectivity index (χ1) is 7.04. The highest BCUT2D eigenvalue weighted by molar-refractivity contribution is 4.84. The van der Waals surface area contributed by atoms with Gasteiger partial charge in [-0.15, -0.1) is 0 Å². The van der Waals surface area contributed by atoms with Crippen LogP contribution in [0.4, 0.5) is 0 Å². The van der Waals surface area contributed by atoms with Crippen molar-refractivity contribution in [1.82, 2.24) is 9.55 Å². The van der Waals surface area contributed by atoms with Crippen LogP contribution >= 0.6 is 0 Å². The van der Waals surface area contributed by atoms with Crippen molar-refractivity contribution < 1.29 is 9.84 Å². The highest BCUT2D eigenvalue weighted by atomic mass is 16.5. The summed E-state index contributed by atoms with van der Waals surface area (Å²) >= 11 is 0. The highest BCUT2D eigenvalue weighted by Gasteiger charge is 2.13. The van der Waals surface area contributed by atoms with Gasteiger partial charge in [-0.25, -0.2) is 4.79 Å². The maximum atomic E-state index is 11.3. The second kappa shape index (κ2) is 4.90. The van der Waals surface area contributed by atoms with E-state index in [1.54, 1.807) is 13.8 Å². The quantitative estimate of drug-likeness (QED) is 0.704. The van der Waals surface area contributed by atoms with Crippen molar-refractivity contribution in [2.24, 2.45) is 0 Å². The average Bonchev–Trinajstić information content (AvgIpc) is 2.14. The van der Waals surface area contributed by atoms with Gasteiger partial charge in [0.2, 0.25) is 0 Å². The third-order valence-corrected chi connectivity index (χ3v) is 1.75. The number of rotatable bonds is 4. The zero-order valence-electron chi connectivity index (χ0n) is 8.64. The third kappa shape index (κ3) is 3.03. The van der Waals surface area contributed by atoms with Gasteiger partial charge in [0.1, 0.15) is 0 Å². The third-order valence-electron chi connectivity index (χ3n) is 1.75. The van der Waals surface area contributed by atoms with Crippen molar-refractivity contribution in [1.29, 1.82) is 0 Å². The van der Waals surface area contributed by atoms with E-state index in [0.29, 0.717) is 0 Å². The highest BCUT2D eigenvalue weighted by Crippen LogP contribution is 2.06. The molecule has 1 aromatic rings. The Hall–Kier alpha value is -1.40. The molecule has 0 aliphatic heterocycles. The molecule has 0 fully saturated rings. The summed E-state index contributed by atoms with van der Waals surface area (Å²) in [4.78, 5) is 24.2. The van der Waals surface area contributed by atoms with Crippen molar-refractivity contribution in [3.05, 3.63) is 33.1 Å². The molecule has 0 bridgehead atoms. The van der Waals surface area contributed by atoms with Gasteiger partial charge in [0, 0.05) is 12.3 Å². The van der Waals surface area contributed by atoms with Crippen LogP contribution in [0, 0.1) is 0 Å². The molecule has 6 nitrogen and oxygen atoms in total. The van der Waals surface area contributed by atoms with E-state index in [4.69, 9.17) is 9.84 Å². The Balaban J connectivity index is 3.02. The minimum atomic E-state index is -0.769. The van der Waals surface area contributed by atoms with Crippen molar-refractivity contribution in [3.63, 3.8) is 0 Å². The van der Waals surface area contributed by atoms with E-state index in [2.05, 4.69) is 4.98 Å². The summed E-state index contributed by atoms with van der Waals surface area (Å²) in [6.45, 7) is 3.25. The van der Waals surface area contributed by atoms with Gasteiger partial charge in [-0.2, -0.15) is 0 Å². The maximum absolute atomic E-state index is 11.3. The number of nitrogens with zero attached hydrogens (tertiary/aromatic N) is 1. The number of H-pyrrole nitrogens is 1. The number of nitrogens with one attached hydrogen (secondary N) is 1. The first kappa shape index (κ1) is 11.7. The molecule has 2 N–H and O–H groups in total. The van der Waals surface area contributed by atoms with Crippen molar-refractivity contribution in [3.8, 4) is 0 Å². The predicted molar refractivity (Wildman–Crippen MR) is 53.7 cm³/mol. The molecule has 0 spiro atoms. The largest absolute Gasteiger partial charge is 0.392 e. The van der Waals surface area contributed by atoms with Crippen LogP contribution in [0.3, 0.4) is 0 Å². The molecular weight excluding hydrogens is 200 g/mol.